The lowest BCUT2D eigenvalue weighted by molar-refractivity contribution is 0.235. The van der Waals surface area contributed by atoms with Gasteiger partial charge in [-0.3, -0.25) is 0 Å². The van der Waals surface area contributed by atoms with Gasteiger partial charge < -0.3 is 10.5 Å². The summed E-state index contributed by atoms with van der Waals surface area (Å²) >= 11 is 3.94. The van der Waals surface area contributed by atoms with E-state index in [1.165, 1.54) is 0 Å². The number of thiol groups is 1. The molecule has 0 saturated carbocycles. The summed E-state index contributed by atoms with van der Waals surface area (Å²) in [7, 11) is 0. The highest BCUT2D eigenvalue weighted by Gasteiger charge is 2.21. The molecule has 1 aromatic carbocycles. The van der Waals surface area contributed by atoms with Crippen LogP contribution in [0.4, 0.5) is 17.6 Å². The molecule has 2 N–H and O–H groups in total. The van der Waals surface area contributed by atoms with Gasteiger partial charge >= 0.3 is 0 Å². The molecule has 0 fully saturated rings. The van der Waals surface area contributed by atoms with Crippen LogP contribution >= 0.6 is 12.6 Å². The van der Waals surface area contributed by atoms with E-state index in [1.807, 2.05) is 0 Å². The second kappa shape index (κ2) is 6.11. The van der Waals surface area contributed by atoms with E-state index in [1.54, 1.807) is 0 Å². The molecule has 0 saturated heterocycles. The molecule has 0 heterocycles. The zero-order valence-corrected chi connectivity index (χ0v) is 9.62. The average molecular weight is 269 g/mol. The zero-order chi connectivity index (χ0) is 13.0. The van der Waals surface area contributed by atoms with E-state index in [4.69, 9.17) is 10.5 Å². The Morgan fingerprint density at radius 3 is 2.12 bits per heavy atom. The van der Waals surface area contributed by atoms with Crippen LogP contribution in [0.15, 0.2) is 6.07 Å². The molecule has 0 radical (unpaired) electrons. The topological polar surface area (TPSA) is 35.2 Å². The molecule has 0 bridgehead atoms. The van der Waals surface area contributed by atoms with Crippen molar-refractivity contribution in [1.29, 1.82) is 0 Å². The van der Waals surface area contributed by atoms with Crippen molar-refractivity contribution >= 4 is 12.6 Å². The Bertz CT molecular complexity index is 372. The summed E-state index contributed by atoms with van der Waals surface area (Å²) in [5.41, 5.74) is 5.32. The van der Waals surface area contributed by atoms with E-state index in [2.05, 4.69) is 12.6 Å². The number of benzene rings is 1. The van der Waals surface area contributed by atoms with Crippen molar-refractivity contribution in [2.45, 2.75) is 0 Å². The summed E-state index contributed by atoms with van der Waals surface area (Å²) in [6.07, 6.45) is 0. The molecular weight excluding hydrogens is 258 g/mol. The maximum Gasteiger partial charge on any atom is 0.203 e. The number of nitrogens with two attached hydrogens (primary N) is 1. The number of rotatable bonds is 5. The SMILES string of the molecule is NCC(CS)COc1c(F)c(F)cc(F)c1F. The predicted octanol–water partition coefficient (Wildman–Crippen LogP) is 2.13. The molecular formula is C10H11F4NOS. The smallest absolute Gasteiger partial charge is 0.203 e. The number of hydrogen-bond donors (Lipinski definition) is 2. The molecule has 0 aliphatic rings. The Morgan fingerprint density at radius 1 is 1.18 bits per heavy atom. The number of halogens is 4. The van der Waals surface area contributed by atoms with Gasteiger partial charge in [-0.25, -0.2) is 8.78 Å². The standard InChI is InChI=1S/C10H11F4NOS/c11-6-1-7(12)9(14)10(8(6)13)16-3-5(2-15)4-17/h1,5,17H,2-4,15H2. The second-order valence-electron chi connectivity index (χ2n) is 3.39. The molecule has 0 aromatic heterocycles. The van der Waals surface area contributed by atoms with Crippen molar-refractivity contribution in [3.8, 4) is 5.75 Å². The maximum absolute atomic E-state index is 13.1. The van der Waals surface area contributed by atoms with Gasteiger partial charge in [-0.05, 0) is 12.3 Å². The third-order valence-electron chi connectivity index (χ3n) is 2.13. The minimum absolute atomic E-state index is 0.122. The normalized spacial score (nSPS) is 12.6. The summed E-state index contributed by atoms with van der Waals surface area (Å²) in [4.78, 5) is 0. The first-order valence-electron chi connectivity index (χ1n) is 4.78. The van der Waals surface area contributed by atoms with Crippen molar-refractivity contribution in [2.24, 2.45) is 11.7 Å². The Balaban J connectivity index is 2.90. The fourth-order valence-electron chi connectivity index (χ4n) is 1.07. The van der Waals surface area contributed by atoms with E-state index >= 15 is 0 Å². The monoisotopic (exact) mass is 269 g/mol. The highest BCUT2D eigenvalue weighted by atomic mass is 32.1. The van der Waals surface area contributed by atoms with Gasteiger partial charge in [0.1, 0.15) is 0 Å². The Labute approximate surface area is 101 Å². The van der Waals surface area contributed by atoms with Crippen LogP contribution < -0.4 is 10.5 Å². The van der Waals surface area contributed by atoms with E-state index in [9.17, 15) is 17.6 Å². The lowest BCUT2D eigenvalue weighted by Gasteiger charge is -2.14. The summed E-state index contributed by atoms with van der Waals surface area (Å²) in [6.45, 7) is 0.0151. The van der Waals surface area contributed by atoms with Crippen LogP contribution in [-0.4, -0.2) is 18.9 Å². The summed E-state index contributed by atoms with van der Waals surface area (Å²) < 4.78 is 56.6. The molecule has 17 heavy (non-hydrogen) atoms. The zero-order valence-electron chi connectivity index (χ0n) is 8.72. The molecule has 1 atom stereocenters. The quantitative estimate of drug-likeness (QED) is 0.488. The van der Waals surface area contributed by atoms with Gasteiger partial charge in [0.2, 0.25) is 11.6 Å². The van der Waals surface area contributed by atoms with Gasteiger partial charge in [0.25, 0.3) is 0 Å². The van der Waals surface area contributed by atoms with E-state index < -0.39 is 29.0 Å². The first-order valence-corrected chi connectivity index (χ1v) is 5.41. The van der Waals surface area contributed by atoms with Gasteiger partial charge in [-0.15, -0.1) is 0 Å². The molecule has 1 aromatic rings. The Morgan fingerprint density at radius 2 is 1.71 bits per heavy atom. The third kappa shape index (κ3) is 3.26. The van der Waals surface area contributed by atoms with Crippen LogP contribution in [0, 0.1) is 29.2 Å². The van der Waals surface area contributed by atoms with Crippen molar-refractivity contribution in [1.82, 2.24) is 0 Å². The molecule has 7 heteroatoms. The van der Waals surface area contributed by atoms with Crippen LogP contribution in [-0.2, 0) is 0 Å². The summed E-state index contributed by atoms with van der Waals surface area (Å²) in [5, 5.41) is 0. The van der Waals surface area contributed by atoms with Gasteiger partial charge in [-0.2, -0.15) is 21.4 Å². The van der Waals surface area contributed by atoms with Crippen molar-refractivity contribution in [2.75, 3.05) is 18.9 Å². The van der Waals surface area contributed by atoms with E-state index in [-0.39, 0.29) is 25.1 Å². The molecule has 1 rings (SSSR count). The van der Waals surface area contributed by atoms with Crippen LogP contribution in [0.1, 0.15) is 0 Å². The maximum atomic E-state index is 13.1. The fraction of sp³-hybridized carbons (Fsp3) is 0.400. The average Bonchev–Trinajstić information content (AvgIpc) is 2.31. The summed E-state index contributed by atoms with van der Waals surface area (Å²) in [5.74, 6) is -7.12. The number of hydrogen-bond acceptors (Lipinski definition) is 3. The highest BCUT2D eigenvalue weighted by molar-refractivity contribution is 7.80. The molecule has 96 valence electrons. The van der Waals surface area contributed by atoms with Crippen molar-refractivity contribution < 1.29 is 22.3 Å². The van der Waals surface area contributed by atoms with Crippen LogP contribution in [0.2, 0.25) is 0 Å². The summed E-state index contributed by atoms with van der Waals surface area (Å²) in [6, 6.07) is 0.122. The van der Waals surface area contributed by atoms with E-state index in [0.29, 0.717) is 5.75 Å². The molecule has 0 spiro atoms. The molecule has 0 aliphatic heterocycles. The molecule has 2 nitrogen and oxygen atoms in total. The van der Waals surface area contributed by atoms with E-state index in [0.717, 1.165) is 0 Å². The van der Waals surface area contributed by atoms with Gasteiger partial charge in [0.15, 0.2) is 17.4 Å². The Kier molecular flexibility index (Phi) is 5.07. The lowest BCUT2D eigenvalue weighted by atomic mass is 10.2. The first-order chi connectivity index (χ1) is 8.01. The fourth-order valence-corrected chi connectivity index (χ4v) is 1.33. The molecule has 0 aliphatic carbocycles. The minimum Gasteiger partial charge on any atom is -0.487 e. The van der Waals surface area contributed by atoms with Crippen molar-refractivity contribution in [3.63, 3.8) is 0 Å². The van der Waals surface area contributed by atoms with Gasteiger partial charge in [0.05, 0.1) is 6.61 Å². The Hall–Kier alpha value is -0.950. The highest BCUT2D eigenvalue weighted by Crippen LogP contribution is 2.26. The van der Waals surface area contributed by atoms with Crippen molar-refractivity contribution in [3.05, 3.63) is 29.3 Å². The van der Waals surface area contributed by atoms with Gasteiger partial charge in [0, 0.05) is 12.0 Å². The minimum atomic E-state index is -1.56. The second-order valence-corrected chi connectivity index (χ2v) is 3.76. The largest absolute Gasteiger partial charge is 0.487 e. The number of ether oxygens (including phenoxy) is 1. The molecule has 1 unspecified atom stereocenters. The van der Waals surface area contributed by atoms with Crippen LogP contribution in [0.25, 0.3) is 0 Å². The first kappa shape index (κ1) is 14.1. The predicted molar refractivity (Wildman–Crippen MR) is 58.2 cm³/mol. The van der Waals surface area contributed by atoms with Crippen LogP contribution in [0.5, 0.6) is 5.75 Å². The lowest BCUT2D eigenvalue weighted by Crippen LogP contribution is -2.23. The van der Waals surface area contributed by atoms with Gasteiger partial charge in [-0.1, -0.05) is 0 Å². The third-order valence-corrected chi connectivity index (χ3v) is 2.64. The molecule has 0 amide bonds. The van der Waals surface area contributed by atoms with Crippen LogP contribution in [0.3, 0.4) is 0 Å².